The average Bonchev–Trinajstić information content (AvgIpc) is 3.05. The molecule has 2 saturated carbocycles. The van der Waals surface area contributed by atoms with Crippen LogP contribution >= 0.6 is 0 Å². The van der Waals surface area contributed by atoms with Crippen LogP contribution in [0.3, 0.4) is 0 Å². The van der Waals surface area contributed by atoms with Crippen LogP contribution in [0.2, 0.25) is 0 Å². The third-order valence-electron chi connectivity index (χ3n) is 5.17. The van der Waals surface area contributed by atoms with E-state index in [1.807, 2.05) is 13.8 Å². The van der Waals surface area contributed by atoms with E-state index in [1.54, 1.807) is 0 Å². The molecule has 3 nitrogen and oxygen atoms in total. The monoisotopic (exact) mass is 279 g/mol. The van der Waals surface area contributed by atoms with E-state index in [-0.39, 0.29) is 11.8 Å². The fourth-order valence-electron chi connectivity index (χ4n) is 4.73. The Kier molecular flexibility index (Phi) is 4.55. The quantitative estimate of drug-likeness (QED) is 0.773. The first-order chi connectivity index (χ1) is 9.50. The van der Waals surface area contributed by atoms with E-state index < -0.39 is 0 Å². The highest BCUT2D eigenvalue weighted by molar-refractivity contribution is 5.86. The van der Waals surface area contributed by atoms with Gasteiger partial charge in [-0.3, -0.25) is 4.79 Å². The lowest BCUT2D eigenvalue weighted by molar-refractivity contribution is -0.606. The van der Waals surface area contributed by atoms with Gasteiger partial charge in [0.1, 0.15) is 5.92 Å². The van der Waals surface area contributed by atoms with Gasteiger partial charge in [0.15, 0.2) is 11.8 Å². The second kappa shape index (κ2) is 5.87. The molecule has 1 aliphatic heterocycles. The Morgan fingerprint density at radius 1 is 1.10 bits per heavy atom. The SMILES string of the molecule is CC.CC(C)C(C(C)C)=[N+]1NC(=O)[C@H]2[C@@H]3CCC(C3)[C@H]21. The topological polar surface area (TPSA) is 32.1 Å². The highest BCUT2D eigenvalue weighted by Crippen LogP contribution is 2.51. The lowest BCUT2D eigenvalue weighted by atomic mass is 9.85. The highest BCUT2D eigenvalue weighted by atomic mass is 16.2. The zero-order valence-electron chi connectivity index (χ0n) is 13.9. The number of carbonyl (C=O) groups excluding carboxylic acids is 1. The van der Waals surface area contributed by atoms with Crippen LogP contribution in [0.4, 0.5) is 0 Å². The van der Waals surface area contributed by atoms with Crippen molar-refractivity contribution < 1.29 is 9.48 Å². The van der Waals surface area contributed by atoms with E-state index in [0.29, 0.717) is 23.8 Å². The van der Waals surface area contributed by atoms with Crippen molar-refractivity contribution in [2.75, 3.05) is 0 Å². The van der Waals surface area contributed by atoms with Crippen LogP contribution in [0.1, 0.15) is 60.8 Å². The number of hydrogen-bond donors (Lipinski definition) is 1. The van der Waals surface area contributed by atoms with Crippen LogP contribution in [0, 0.1) is 29.6 Å². The highest BCUT2D eigenvalue weighted by Gasteiger charge is 2.62. The zero-order valence-corrected chi connectivity index (χ0v) is 13.9. The lowest BCUT2D eigenvalue weighted by Gasteiger charge is -2.20. The van der Waals surface area contributed by atoms with Gasteiger partial charge in [0, 0.05) is 17.8 Å². The average molecular weight is 279 g/mol. The van der Waals surface area contributed by atoms with Gasteiger partial charge in [-0.15, -0.1) is 10.1 Å². The van der Waals surface area contributed by atoms with E-state index in [4.69, 9.17) is 0 Å². The van der Waals surface area contributed by atoms with Crippen molar-refractivity contribution in [1.82, 2.24) is 5.43 Å². The molecular weight excluding hydrogens is 248 g/mol. The van der Waals surface area contributed by atoms with Gasteiger partial charge < -0.3 is 0 Å². The van der Waals surface area contributed by atoms with Gasteiger partial charge in [0.2, 0.25) is 0 Å². The first-order valence-electron chi connectivity index (χ1n) is 8.47. The summed E-state index contributed by atoms with van der Waals surface area (Å²) in [5.74, 6) is 2.96. The molecule has 1 saturated heterocycles. The number of rotatable bonds is 2. The minimum atomic E-state index is 0.274. The molecule has 3 fully saturated rings. The van der Waals surface area contributed by atoms with Gasteiger partial charge in [-0.2, -0.15) is 0 Å². The summed E-state index contributed by atoms with van der Waals surface area (Å²) < 4.78 is 2.27. The molecule has 20 heavy (non-hydrogen) atoms. The maximum atomic E-state index is 12.2. The van der Waals surface area contributed by atoms with Crippen LogP contribution in [-0.4, -0.2) is 22.3 Å². The third kappa shape index (κ3) is 2.29. The van der Waals surface area contributed by atoms with E-state index in [2.05, 4.69) is 37.8 Å². The molecular formula is C17H31N2O+. The minimum absolute atomic E-state index is 0.274. The number of hydrazine groups is 1. The van der Waals surface area contributed by atoms with Crippen LogP contribution in [-0.2, 0) is 4.79 Å². The van der Waals surface area contributed by atoms with Gasteiger partial charge in [0.25, 0.3) is 5.91 Å². The summed E-state index contributed by atoms with van der Waals surface area (Å²) in [5, 5.41) is 0. The van der Waals surface area contributed by atoms with Crippen molar-refractivity contribution in [2.24, 2.45) is 29.6 Å². The Morgan fingerprint density at radius 3 is 2.20 bits per heavy atom. The molecule has 0 aromatic carbocycles. The number of hydrogen-bond acceptors (Lipinski definition) is 1. The van der Waals surface area contributed by atoms with E-state index in [9.17, 15) is 4.79 Å². The molecule has 1 unspecified atom stereocenters. The van der Waals surface area contributed by atoms with E-state index >= 15 is 0 Å². The zero-order chi connectivity index (χ0) is 15.0. The lowest BCUT2D eigenvalue weighted by Crippen LogP contribution is -2.41. The summed E-state index contributed by atoms with van der Waals surface area (Å²) >= 11 is 0. The number of amides is 1. The van der Waals surface area contributed by atoms with Crippen LogP contribution < -0.4 is 5.43 Å². The van der Waals surface area contributed by atoms with Crippen molar-refractivity contribution in [2.45, 2.75) is 66.8 Å². The van der Waals surface area contributed by atoms with Crippen LogP contribution in [0.5, 0.6) is 0 Å². The molecule has 0 spiro atoms. The molecule has 0 aromatic rings. The number of carbonyl (C=O) groups is 1. The fourth-order valence-corrected chi connectivity index (χ4v) is 4.73. The largest absolute Gasteiger partial charge is 0.284 e. The number of hydrazone groups is 1. The Morgan fingerprint density at radius 2 is 1.65 bits per heavy atom. The van der Waals surface area contributed by atoms with Gasteiger partial charge in [-0.25, -0.2) is 0 Å². The second-order valence-corrected chi connectivity index (χ2v) is 6.93. The molecule has 3 aliphatic rings. The third-order valence-corrected chi connectivity index (χ3v) is 5.17. The molecule has 2 aliphatic carbocycles. The summed E-state index contributed by atoms with van der Waals surface area (Å²) in [7, 11) is 0. The van der Waals surface area contributed by atoms with Gasteiger partial charge in [-0.1, -0.05) is 41.5 Å². The van der Waals surface area contributed by atoms with Gasteiger partial charge in [-0.05, 0) is 25.2 Å². The van der Waals surface area contributed by atoms with Gasteiger partial charge >= 0.3 is 0 Å². The van der Waals surface area contributed by atoms with E-state index in [1.165, 1.54) is 25.0 Å². The van der Waals surface area contributed by atoms with Crippen molar-refractivity contribution in [3.05, 3.63) is 0 Å². The standard InChI is InChI=1S/C15H24N2O.C2H6/c1-8(2)13(9(3)4)17-14-11-6-5-10(7-11)12(14)15(18)16-17;1-2/h8-12,14H,5-7H2,1-4H3;1-2H3/p+1/t10-,11?,12+,14-;/m1./s1. The molecule has 1 amide bonds. The number of nitrogens with one attached hydrogen (secondary N) is 1. The van der Waals surface area contributed by atoms with Crippen LogP contribution in [0.25, 0.3) is 0 Å². The molecule has 4 atom stereocenters. The molecule has 0 aromatic heterocycles. The first-order valence-corrected chi connectivity index (χ1v) is 8.47. The molecule has 1 heterocycles. The Labute approximate surface area is 123 Å². The summed E-state index contributed by atoms with van der Waals surface area (Å²) in [6.07, 6.45) is 3.87. The maximum absolute atomic E-state index is 12.2. The summed E-state index contributed by atoms with van der Waals surface area (Å²) in [4.78, 5) is 12.2. The van der Waals surface area contributed by atoms with Crippen molar-refractivity contribution >= 4 is 11.6 Å². The maximum Gasteiger partial charge on any atom is 0.284 e. The summed E-state index contributed by atoms with van der Waals surface area (Å²) in [5.41, 5.74) is 4.58. The minimum Gasteiger partial charge on any atom is -0.269 e. The Balaban J connectivity index is 0.000000704. The fraction of sp³-hybridized carbons (Fsp3) is 0.882. The Hall–Kier alpha value is -0.860. The molecule has 0 radical (unpaired) electrons. The second-order valence-electron chi connectivity index (χ2n) is 6.93. The number of fused-ring (bicyclic) bond motifs is 5. The van der Waals surface area contributed by atoms with Gasteiger partial charge in [0.05, 0.1) is 0 Å². The van der Waals surface area contributed by atoms with E-state index in [0.717, 1.165) is 5.92 Å². The normalized spacial score (nSPS) is 34.2. The molecule has 3 rings (SSSR count). The Bertz CT molecular complexity index is 401. The first kappa shape index (κ1) is 15.5. The van der Waals surface area contributed by atoms with Crippen LogP contribution in [0.15, 0.2) is 0 Å². The van der Waals surface area contributed by atoms with Crippen molar-refractivity contribution in [1.29, 1.82) is 0 Å². The smallest absolute Gasteiger partial charge is 0.269 e. The molecule has 114 valence electrons. The summed E-state index contributed by atoms with van der Waals surface area (Å²) in [6.45, 7) is 13.0. The predicted molar refractivity (Wildman–Crippen MR) is 82.5 cm³/mol. The molecule has 3 heteroatoms. The summed E-state index contributed by atoms with van der Waals surface area (Å²) in [6, 6.07) is 0.455. The number of nitrogens with zero attached hydrogens (tertiary/aromatic N) is 1. The molecule has 2 bridgehead atoms. The predicted octanol–water partition coefficient (Wildman–Crippen LogP) is 3.24. The van der Waals surface area contributed by atoms with Crippen molar-refractivity contribution in [3.63, 3.8) is 0 Å². The molecule has 1 N–H and O–H groups in total. The van der Waals surface area contributed by atoms with Crippen molar-refractivity contribution in [3.8, 4) is 0 Å².